The second-order valence-electron chi connectivity index (χ2n) is 3.74. The van der Waals surface area contributed by atoms with E-state index in [1.54, 1.807) is 0 Å². The van der Waals surface area contributed by atoms with E-state index in [4.69, 9.17) is 0 Å². The fraction of sp³-hybridized carbons (Fsp3) is 1.00. The van der Waals surface area contributed by atoms with Crippen LogP contribution < -0.4 is 0 Å². The number of nitrogens with zero attached hydrogens (tertiary/aromatic N) is 1. The van der Waals surface area contributed by atoms with Crippen molar-refractivity contribution in [3.8, 4) is 0 Å². The molecule has 0 N–H and O–H groups in total. The van der Waals surface area contributed by atoms with Crippen LogP contribution in [0.3, 0.4) is 0 Å². The van der Waals surface area contributed by atoms with E-state index >= 15 is 0 Å². The quantitative estimate of drug-likeness (QED) is 0.627. The van der Waals surface area contributed by atoms with Gasteiger partial charge in [-0.05, 0) is 44.7 Å². The van der Waals surface area contributed by atoms with Gasteiger partial charge in [0.15, 0.2) is 0 Å². The predicted molar refractivity (Wildman–Crippen MR) is 72.4 cm³/mol. The zero-order valence-electron chi connectivity index (χ0n) is 12.0. The van der Waals surface area contributed by atoms with Crippen molar-refractivity contribution in [1.82, 2.24) is 4.90 Å². The van der Waals surface area contributed by atoms with E-state index in [0.717, 1.165) is 5.92 Å². The van der Waals surface area contributed by atoms with Gasteiger partial charge in [0.05, 0.1) is 0 Å². The van der Waals surface area contributed by atoms with Crippen LogP contribution in [0, 0.1) is 5.92 Å². The average Bonchev–Trinajstić information content (AvgIpc) is 3.09. The van der Waals surface area contributed by atoms with Crippen molar-refractivity contribution in [2.24, 2.45) is 5.92 Å². The molecule has 0 aliphatic heterocycles. The molecular formula is C14H33N. The lowest BCUT2D eigenvalue weighted by atomic mass is 10.3. The van der Waals surface area contributed by atoms with Crippen molar-refractivity contribution in [2.45, 2.75) is 67.2 Å². The Bertz CT molecular complexity index is 91.5. The van der Waals surface area contributed by atoms with Crippen LogP contribution in [0.15, 0.2) is 0 Å². The third kappa shape index (κ3) is 11.9. The highest BCUT2D eigenvalue weighted by molar-refractivity contribution is 4.76. The summed E-state index contributed by atoms with van der Waals surface area (Å²) in [6.07, 6.45) is 5.60. The summed E-state index contributed by atoms with van der Waals surface area (Å²) in [5.74, 6) is 1.06. The summed E-state index contributed by atoms with van der Waals surface area (Å²) < 4.78 is 0. The van der Waals surface area contributed by atoms with Crippen LogP contribution in [0.4, 0.5) is 0 Å². The van der Waals surface area contributed by atoms with Gasteiger partial charge in [-0.1, -0.05) is 41.5 Å². The summed E-state index contributed by atoms with van der Waals surface area (Å²) in [4.78, 5) is 2.62. The molecule has 1 rings (SSSR count). The number of hydrogen-bond donors (Lipinski definition) is 0. The summed E-state index contributed by atoms with van der Waals surface area (Å²) in [6.45, 7) is 16.5. The van der Waals surface area contributed by atoms with E-state index in [1.165, 1.54) is 45.3 Å². The molecule has 0 aromatic heterocycles. The lowest BCUT2D eigenvalue weighted by Gasteiger charge is -2.20. The molecule has 94 valence electrons. The first-order valence-corrected chi connectivity index (χ1v) is 7.09. The van der Waals surface area contributed by atoms with Crippen LogP contribution in [-0.4, -0.2) is 24.5 Å². The normalized spacial score (nSPS) is 13.8. The van der Waals surface area contributed by atoms with Crippen LogP contribution in [-0.2, 0) is 0 Å². The predicted octanol–water partition coefficient (Wildman–Crippen LogP) is 4.57. The first kappa shape index (κ1) is 17.4. The van der Waals surface area contributed by atoms with Crippen molar-refractivity contribution in [3.63, 3.8) is 0 Å². The van der Waals surface area contributed by atoms with Crippen molar-refractivity contribution >= 4 is 0 Å². The highest BCUT2D eigenvalue weighted by Crippen LogP contribution is 2.29. The lowest BCUT2D eigenvalue weighted by molar-refractivity contribution is 0.264. The van der Waals surface area contributed by atoms with Gasteiger partial charge >= 0.3 is 0 Å². The minimum Gasteiger partial charge on any atom is -0.303 e. The minimum absolute atomic E-state index is 1.06. The molecule has 0 spiro atoms. The second-order valence-corrected chi connectivity index (χ2v) is 3.74. The Hall–Kier alpha value is -0.0400. The first-order chi connectivity index (χ1) is 7.36. The van der Waals surface area contributed by atoms with E-state index in [-0.39, 0.29) is 0 Å². The molecule has 1 fully saturated rings. The summed E-state index contributed by atoms with van der Waals surface area (Å²) in [7, 11) is 0. The van der Waals surface area contributed by atoms with Gasteiger partial charge < -0.3 is 4.90 Å². The molecule has 0 unspecified atom stereocenters. The Morgan fingerprint density at radius 2 is 1.27 bits per heavy atom. The van der Waals surface area contributed by atoms with Gasteiger partial charge in [0, 0.05) is 6.54 Å². The molecule has 0 aromatic carbocycles. The van der Waals surface area contributed by atoms with E-state index in [2.05, 4.69) is 18.7 Å². The van der Waals surface area contributed by atoms with E-state index in [9.17, 15) is 0 Å². The molecule has 1 nitrogen and oxygen atoms in total. The number of hydrogen-bond acceptors (Lipinski definition) is 1. The Morgan fingerprint density at radius 3 is 1.53 bits per heavy atom. The molecule has 0 heterocycles. The smallest absolute Gasteiger partial charge is 0.000965 e. The van der Waals surface area contributed by atoms with Crippen LogP contribution in [0.25, 0.3) is 0 Å². The van der Waals surface area contributed by atoms with Crippen LogP contribution in [0.5, 0.6) is 0 Å². The maximum absolute atomic E-state index is 2.62. The van der Waals surface area contributed by atoms with Gasteiger partial charge in [0.1, 0.15) is 0 Å². The van der Waals surface area contributed by atoms with Crippen LogP contribution in [0.2, 0.25) is 0 Å². The highest BCUT2D eigenvalue weighted by Gasteiger charge is 2.23. The van der Waals surface area contributed by atoms with E-state index in [0.29, 0.717) is 0 Å². The van der Waals surface area contributed by atoms with Crippen molar-refractivity contribution in [2.75, 3.05) is 19.6 Å². The van der Waals surface area contributed by atoms with Gasteiger partial charge in [-0.25, -0.2) is 0 Å². The zero-order chi connectivity index (χ0) is 12.1. The highest BCUT2D eigenvalue weighted by atomic mass is 15.1. The summed E-state index contributed by atoms with van der Waals surface area (Å²) in [5, 5.41) is 0. The van der Waals surface area contributed by atoms with Crippen molar-refractivity contribution in [1.29, 1.82) is 0 Å². The molecule has 0 bridgehead atoms. The van der Waals surface area contributed by atoms with Gasteiger partial charge in [-0.2, -0.15) is 0 Å². The Balaban J connectivity index is 0. The van der Waals surface area contributed by atoms with Gasteiger partial charge in [-0.3, -0.25) is 0 Å². The molecule has 1 saturated carbocycles. The Labute approximate surface area is 98.2 Å². The molecule has 0 amide bonds. The van der Waals surface area contributed by atoms with E-state index in [1.807, 2.05) is 27.7 Å². The first-order valence-electron chi connectivity index (χ1n) is 7.09. The number of rotatable bonds is 6. The molecule has 0 saturated heterocycles. The molecule has 1 heteroatoms. The topological polar surface area (TPSA) is 3.24 Å². The zero-order valence-corrected chi connectivity index (χ0v) is 12.0. The lowest BCUT2D eigenvalue weighted by Crippen LogP contribution is -2.27. The van der Waals surface area contributed by atoms with E-state index < -0.39 is 0 Å². The molecule has 0 aromatic rings. The maximum atomic E-state index is 2.62. The largest absolute Gasteiger partial charge is 0.303 e. The SMILES string of the molecule is CC.CC.CCCN(CCC)CC1CC1. The monoisotopic (exact) mass is 215 g/mol. The van der Waals surface area contributed by atoms with Crippen LogP contribution in [0.1, 0.15) is 67.2 Å². The van der Waals surface area contributed by atoms with Gasteiger partial charge in [-0.15, -0.1) is 0 Å². The fourth-order valence-corrected chi connectivity index (χ4v) is 1.59. The van der Waals surface area contributed by atoms with Crippen LogP contribution >= 0.6 is 0 Å². The Kier molecular flexibility index (Phi) is 16.2. The summed E-state index contributed by atoms with van der Waals surface area (Å²) in [6, 6.07) is 0. The molecule has 1 aliphatic carbocycles. The van der Waals surface area contributed by atoms with Crippen molar-refractivity contribution in [3.05, 3.63) is 0 Å². The maximum Gasteiger partial charge on any atom is 0.000965 e. The van der Waals surface area contributed by atoms with Crippen molar-refractivity contribution < 1.29 is 0 Å². The molecule has 0 atom stereocenters. The molecule has 0 radical (unpaired) electrons. The third-order valence-electron chi connectivity index (χ3n) is 2.29. The minimum atomic E-state index is 1.06. The molecule has 1 aliphatic rings. The van der Waals surface area contributed by atoms with Gasteiger partial charge in [0.25, 0.3) is 0 Å². The standard InChI is InChI=1S/C10H21N.2C2H6/c1-3-7-11(8-4-2)9-10-5-6-10;2*1-2/h10H,3-9H2,1-2H3;2*1-2H3. The average molecular weight is 215 g/mol. The third-order valence-corrected chi connectivity index (χ3v) is 2.29. The fourth-order valence-electron chi connectivity index (χ4n) is 1.59. The molecular weight excluding hydrogens is 182 g/mol. The summed E-state index contributed by atoms with van der Waals surface area (Å²) in [5.41, 5.74) is 0. The second kappa shape index (κ2) is 14.0. The summed E-state index contributed by atoms with van der Waals surface area (Å²) >= 11 is 0. The Morgan fingerprint density at radius 1 is 0.867 bits per heavy atom. The molecule has 15 heavy (non-hydrogen) atoms. The van der Waals surface area contributed by atoms with Gasteiger partial charge in [0.2, 0.25) is 0 Å².